The number of aliphatic hydroxyl groups is 1. The van der Waals surface area contributed by atoms with Gasteiger partial charge in [-0.05, 0) is 18.2 Å². The molecule has 1 amide bonds. The quantitative estimate of drug-likeness (QED) is 0.917. The van der Waals surface area contributed by atoms with Crippen LogP contribution < -0.4 is 9.80 Å². The molecule has 0 saturated carbocycles. The SMILES string of the molecule is O=C1O[C@@H](CO)CN1c1ccc(N2CC3(CSC3)C2)c(F)c1. The number of nitrogens with zero attached hydrogens (tertiary/aromatic N) is 2. The summed E-state index contributed by atoms with van der Waals surface area (Å²) in [7, 11) is 0. The first-order valence-electron chi connectivity index (χ1n) is 7.31. The number of hydrogen-bond donors (Lipinski definition) is 1. The van der Waals surface area contributed by atoms with Crippen molar-refractivity contribution in [2.75, 3.05) is 47.5 Å². The Morgan fingerprint density at radius 3 is 2.73 bits per heavy atom. The second kappa shape index (κ2) is 5.03. The van der Waals surface area contributed by atoms with Gasteiger partial charge in [-0.3, -0.25) is 4.90 Å². The van der Waals surface area contributed by atoms with E-state index in [0.29, 0.717) is 16.8 Å². The molecule has 3 fully saturated rings. The highest BCUT2D eigenvalue weighted by Gasteiger charge is 2.48. The summed E-state index contributed by atoms with van der Waals surface area (Å²) in [5.41, 5.74) is 1.47. The van der Waals surface area contributed by atoms with Crippen molar-refractivity contribution in [1.29, 1.82) is 0 Å². The molecule has 1 aromatic carbocycles. The van der Waals surface area contributed by atoms with Gasteiger partial charge in [0.2, 0.25) is 0 Å². The van der Waals surface area contributed by atoms with E-state index in [1.807, 2.05) is 11.8 Å². The second-order valence-corrected chi connectivity index (χ2v) is 7.27. The summed E-state index contributed by atoms with van der Waals surface area (Å²) in [6.07, 6.45) is -1.08. The number of ether oxygens (including phenoxy) is 1. The van der Waals surface area contributed by atoms with Crippen molar-refractivity contribution in [3.8, 4) is 0 Å². The highest BCUT2D eigenvalue weighted by molar-refractivity contribution is 8.00. The van der Waals surface area contributed by atoms with Gasteiger partial charge in [-0.1, -0.05) is 0 Å². The largest absolute Gasteiger partial charge is 0.441 e. The fourth-order valence-corrected chi connectivity index (χ4v) is 4.40. The Morgan fingerprint density at radius 1 is 1.41 bits per heavy atom. The third-order valence-electron chi connectivity index (χ3n) is 4.53. The first-order valence-corrected chi connectivity index (χ1v) is 8.47. The summed E-state index contributed by atoms with van der Waals surface area (Å²) in [5.74, 6) is 2.02. The Balaban J connectivity index is 1.50. The third-order valence-corrected chi connectivity index (χ3v) is 6.16. The Bertz CT molecular complexity index is 615. The lowest BCUT2D eigenvalue weighted by atomic mass is 9.82. The van der Waals surface area contributed by atoms with Gasteiger partial charge in [0.15, 0.2) is 0 Å². The first kappa shape index (κ1) is 14.1. The van der Waals surface area contributed by atoms with Crippen molar-refractivity contribution in [2.24, 2.45) is 5.41 Å². The zero-order valence-electron chi connectivity index (χ0n) is 12.0. The van der Waals surface area contributed by atoms with Crippen LogP contribution in [0, 0.1) is 11.2 Å². The number of carbonyl (C=O) groups excluding carboxylic acids is 1. The molecule has 0 aromatic heterocycles. The molecule has 1 N–H and O–H groups in total. The maximum atomic E-state index is 14.4. The van der Waals surface area contributed by atoms with Gasteiger partial charge >= 0.3 is 6.09 Å². The number of benzene rings is 1. The van der Waals surface area contributed by atoms with Gasteiger partial charge in [0, 0.05) is 30.0 Å². The Labute approximate surface area is 132 Å². The molecular weight excluding hydrogens is 307 g/mol. The summed E-state index contributed by atoms with van der Waals surface area (Å²) in [6, 6.07) is 4.83. The average molecular weight is 324 g/mol. The maximum absolute atomic E-state index is 14.4. The Hall–Kier alpha value is -1.47. The predicted octanol–water partition coefficient (Wildman–Crippen LogP) is 1.70. The predicted molar refractivity (Wildman–Crippen MR) is 83.1 cm³/mol. The van der Waals surface area contributed by atoms with E-state index in [1.54, 1.807) is 12.1 Å². The molecule has 0 bridgehead atoms. The minimum atomic E-state index is -0.541. The summed E-state index contributed by atoms with van der Waals surface area (Å²) in [4.78, 5) is 15.1. The maximum Gasteiger partial charge on any atom is 0.414 e. The lowest BCUT2D eigenvalue weighted by molar-refractivity contribution is 0.0963. The first-order chi connectivity index (χ1) is 10.6. The highest BCUT2D eigenvalue weighted by Crippen LogP contribution is 2.47. The summed E-state index contributed by atoms with van der Waals surface area (Å²) < 4.78 is 19.4. The monoisotopic (exact) mass is 324 g/mol. The third kappa shape index (κ3) is 2.14. The Morgan fingerprint density at radius 2 is 2.18 bits per heavy atom. The van der Waals surface area contributed by atoms with Gasteiger partial charge in [0.05, 0.1) is 24.5 Å². The van der Waals surface area contributed by atoms with Crippen molar-refractivity contribution in [3.05, 3.63) is 24.0 Å². The normalized spacial score (nSPS) is 25.9. The lowest BCUT2D eigenvalue weighted by Gasteiger charge is -2.56. The topological polar surface area (TPSA) is 53.0 Å². The van der Waals surface area contributed by atoms with E-state index < -0.39 is 12.2 Å². The van der Waals surface area contributed by atoms with E-state index in [1.165, 1.54) is 22.5 Å². The molecular formula is C15H17FN2O3S. The molecule has 22 heavy (non-hydrogen) atoms. The van der Waals surface area contributed by atoms with Crippen molar-refractivity contribution in [3.63, 3.8) is 0 Å². The highest BCUT2D eigenvalue weighted by atomic mass is 32.2. The molecule has 0 aliphatic carbocycles. The van der Waals surface area contributed by atoms with Gasteiger partial charge in [-0.15, -0.1) is 0 Å². The van der Waals surface area contributed by atoms with Crippen molar-refractivity contribution < 1.29 is 19.0 Å². The number of hydrogen-bond acceptors (Lipinski definition) is 5. The van der Waals surface area contributed by atoms with Crippen LogP contribution in [0.3, 0.4) is 0 Å². The van der Waals surface area contributed by atoms with Crippen molar-refractivity contribution in [2.45, 2.75) is 6.10 Å². The molecule has 0 unspecified atom stereocenters. The molecule has 1 atom stereocenters. The van der Waals surface area contributed by atoms with Crippen molar-refractivity contribution in [1.82, 2.24) is 0 Å². The van der Waals surface area contributed by atoms with Crippen LogP contribution in [0.1, 0.15) is 0 Å². The molecule has 1 spiro atoms. The van der Waals surface area contributed by atoms with Crippen LogP contribution in [-0.2, 0) is 4.74 Å². The van der Waals surface area contributed by atoms with Gasteiger partial charge < -0.3 is 14.7 Å². The molecule has 4 rings (SSSR count). The van der Waals surface area contributed by atoms with Gasteiger partial charge in [-0.2, -0.15) is 11.8 Å². The van der Waals surface area contributed by atoms with Gasteiger partial charge in [-0.25, -0.2) is 9.18 Å². The van der Waals surface area contributed by atoms with E-state index in [2.05, 4.69) is 4.90 Å². The number of halogens is 1. The van der Waals surface area contributed by atoms with Crippen LogP contribution in [-0.4, -0.2) is 55.1 Å². The van der Waals surface area contributed by atoms with Gasteiger partial charge in [0.25, 0.3) is 0 Å². The van der Waals surface area contributed by atoms with Crippen LogP contribution in [0.5, 0.6) is 0 Å². The molecule has 3 saturated heterocycles. The van der Waals surface area contributed by atoms with Gasteiger partial charge in [0.1, 0.15) is 11.9 Å². The van der Waals surface area contributed by atoms with E-state index >= 15 is 0 Å². The van der Waals surface area contributed by atoms with Crippen LogP contribution in [0.15, 0.2) is 18.2 Å². The number of anilines is 2. The molecule has 0 radical (unpaired) electrons. The molecule has 5 nitrogen and oxygen atoms in total. The average Bonchev–Trinajstić information content (AvgIpc) is 2.78. The van der Waals surface area contributed by atoms with Crippen LogP contribution in [0.4, 0.5) is 20.6 Å². The lowest BCUT2D eigenvalue weighted by Crippen LogP contribution is -2.63. The minimum Gasteiger partial charge on any atom is -0.441 e. The van der Waals surface area contributed by atoms with E-state index in [0.717, 1.165) is 13.1 Å². The standard InChI is InChI=1S/C15H17FN2O3S/c16-12-3-10(18-4-11(5-19)21-14(18)20)1-2-13(12)17-6-15(7-17)8-22-9-15/h1-3,11,19H,4-9H2/t11-/m1/s1. The van der Waals surface area contributed by atoms with E-state index in [4.69, 9.17) is 9.84 Å². The number of rotatable bonds is 3. The van der Waals surface area contributed by atoms with Crippen molar-refractivity contribution >= 4 is 29.2 Å². The van der Waals surface area contributed by atoms with Crippen LogP contribution >= 0.6 is 11.8 Å². The molecule has 3 aliphatic rings. The molecule has 7 heteroatoms. The minimum absolute atomic E-state index is 0.226. The number of cyclic esters (lactones) is 1. The fraction of sp³-hybridized carbons (Fsp3) is 0.533. The zero-order valence-corrected chi connectivity index (χ0v) is 12.8. The second-order valence-electron chi connectivity index (χ2n) is 6.28. The number of carbonyl (C=O) groups is 1. The fourth-order valence-electron chi connectivity index (χ4n) is 3.25. The molecule has 1 aromatic rings. The molecule has 118 valence electrons. The summed E-state index contributed by atoms with van der Waals surface area (Å²) >= 11 is 1.94. The summed E-state index contributed by atoms with van der Waals surface area (Å²) in [5, 5.41) is 9.05. The number of thioether (sulfide) groups is 1. The number of aliphatic hydroxyl groups excluding tert-OH is 1. The van der Waals surface area contributed by atoms with E-state index in [9.17, 15) is 9.18 Å². The Kier molecular flexibility index (Phi) is 3.23. The molecule has 3 heterocycles. The summed E-state index contributed by atoms with van der Waals surface area (Å²) in [6.45, 7) is 1.85. The van der Waals surface area contributed by atoms with Crippen LogP contribution in [0.25, 0.3) is 0 Å². The zero-order chi connectivity index (χ0) is 15.3. The van der Waals surface area contributed by atoms with Crippen LogP contribution in [0.2, 0.25) is 0 Å². The number of amides is 1. The molecule has 3 aliphatic heterocycles. The van der Waals surface area contributed by atoms with E-state index in [-0.39, 0.29) is 19.0 Å². The smallest absolute Gasteiger partial charge is 0.414 e.